The lowest BCUT2D eigenvalue weighted by molar-refractivity contribution is -0.129. The van der Waals surface area contributed by atoms with Crippen LogP contribution in [-0.4, -0.2) is 20.3 Å². The summed E-state index contributed by atoms with van der Waals surface area (Å²) in [5, 5.41) is 0.339. The number of hydrogen-bond acceptors (Lipinski definition) is 6. The van der Waals surface area contributed by atoms with Crippen molar-refractivity contribution in [1.29, 1.82) is 0 Å². The third-order valence-electron chi connectivity index (χ3n) is 4.69. The number of cyclic esters (lactones) is 1. The molecular weight excluding hydrogens is 450 g/mol. The number of nitrogens with zero attached hydrogens (tertiary/aromatic N) is 1. The number of aryl methyl sites for hydroxylation is 2. The summed E-state index contributed by atoms with van der Waals surface area (Å²) < 4.78 is 36.1. The maximum atomic E-state index is 12.7. The predicted octanol–water partition coefficient (Wildman–Crippen LogP) is 5.07. The number of hydrogen-bond donors (Lipinski definition) is 0. The summed E-state index contributed by atoms with van der Waals surface area (Å²) in [7, 11) is -4.09. The smallest absolute Gasteiger partial charge is 0.363 e. The largest absolute Gasteiger partial charge is 0.402 e. The van der Waals surface area contributed by atoms with Crippen molar-refractivity contribution in [2.24, 2.45) is 4.99 Å². The molecule has 1 aliphatic heterocycles. The van der Waals surface area contributed by atoms with Crippen LogP contribution in [0.1, 0.15) is 22.3 Å². The number of aliphatic imine (C=N–C) groups is 1. The Balaban J connectivity index is 1.69. The van der Waals surface area contributed by atoms with Crippen LogP contribution in [0.2, 0.25) is 5.02 Å². The number of esters is 1. The maximum absolute atomic E-state index is 12.7. The summed E-state index contributed by atoms with van der Waals surface area (Å²) in [6.07, 6.45) is 1.38. The first-order valence-electron chi connectivity index (χ1n) is 9.61. The van der Waals surface area contributed by atoms with E-state index in [4.69, 9.17) is 20.5 Å². The Bertz CT molecular complexity index is 1360. The van der Waals surface area contributed by atoms with Crippen molar-refractivity contribution < 1.29 is 22.1 Å². The van der Waals surface area contributed by atoms with Gasteiger partial charge in [0.1, 0.15) is 10.6 Å². The Morgan fingerprint density at radius 1 is 0.938 bits per heavy atom. The molecule has 0 radical (unpaired) electrons. The molecule has 1 heterocycles. The lowest BCUT2D eigenvalue weighted by atomic mass is 10.1. The molecule has 0 aromatic heterocycles. The highest BCUT2D eigenvalue weighted by atomic mass is 35.5. The Kier molecular flexibility index (Phi) is 5.86. The van der Waals surface area contributed by atoms with Gasteiger partial charge in [0.05, 0.1) is 0 Å². The van der Waals surface area contributed by atoms with Crippen LogP contribution in [0.3, 0.4) is 0 Å². The third kappa shape index (κ3) is 4.74. The molecule has 0 unspecified atom stereocenters. The van der Waals surface area contributed by atoms with Crippen LogP contribution < -0.4 is 4.18 Å². The maximum Gasteiger partial charge on any atom is 0.363 e. The Labute approximate surface area is 190 Å². The van der Waals surface area contributed by atoms with Gasteiger partial charge >= 0.3 is 16.1 Å². The first-order valence-corrected chi connectivity index (χ1v) is 11.4. The fraction of sp³-hybridized carbons (Fsp3) is 0.0833. The predicted molar refractivity (Wildman–Crippen MR) is 122 cm³/mol. The zero-order chi connectivity index (χ0) is 22.9. The van der Waals surface area contributed by atoms with Crippen LogP contribution in [0.25, 0.3) is 6.08 Å². The SMILES string of the molecule is Cc1ccc(C2=N/C(=C/c3cc(Cl)ccc3OS(=O)(=O)c3ccc(C)cc3)C(=O)O2)cc1. The molecule has 0 N–H and O–H groups in total. The van der Waals surface area contributed by atoms with Gasteiger partial charge in [-0.15, -0.1) is 0 Å². The zero-order valence-corrected chi connectivity index (χ0v) is 18.8. The van der Waals surface area contributed by atoms with Gasteiger partial charge in [-0.3, -0.25) is 0 Å². The van der Waals surface area contributed by atoms with Crippen molar-refractivity contribution in [3.05, 3.63) is 99.7 Å². The molecule has 0 saturated heterocycles. The summed E-state index contributed by atoms with van der Waals surface area (Å²) in [6, 6.07) is 18.0. The van der Waals surface area contributed by atoms with Gasteiger partial charge in [-0.1, -0.05) is 47.0 Å². The van der Waals surface area contributed by atoms with E-state index in [0.717, 1.165) is 11.1 Å². The second kappa shape index (κ2) is 8.61. The van der Waals surface area contributed by atoms with E-state index in [0.29, 0.717) is 10.6 Å². The number of benzene rings is 3. The van der Waals surface area contributed by atoms with Crippen LogP contribution in [0.5, 0.6) is 5.75 Å². The van der Waals surface area contributed by atoms with Crippen LogP contribution in [-0.2, 0) is 19.6 Å². The Morgan fingerprint density at radius 3 is 2.22 bits per heavy atom. The molecule has 0 atom stereocenters. The minimum atomic E-state index is -4.09. The van der Waals surface area contributed by atoms with E-state index >= 15 is 0 Å². The number of carbonyl (C=O) groups excluding carboxylic acids is 1. The van der Waals surface area contributed by atoms with Crippen LogP contribution >= 0.6 is 11.6 Å². The summed E-state index contributed by atoms with van der Waals surface area (Å²) in [6.45, 7) is 3.80. The molecule has 0 spiro atoms. The van der Waals surface area contributed by atoms with Crippen molar-refractivity contribution in [1.82, 2.24) is 0 Å². The van der Waals surface area contributed by atoms with Gasteiger partial charge in [-0.2, -0.15) is 8.42 Å². The molecule has 1 aliphatic rings. The van der Waals surface area contributed by atoms with Gasteiger partial charge in [-0.05, 0) is 62.4 Å². The van der Waals surface area contributed by atoms with Crippen molar-refractivity contribution in [2.75, 3.05) is 0 Å². The van der Waals surface area contributed by atoms with E-state index in [9.17, 15) is 13.2 Å². The molecule has 3 aromatic rings. The summed E-state index contributed by atoms with van der Waals surface area (Å²) in [5.41, 5.74) is 2.90. The molecule has 0 fully saturated rings. The topological polar surface area (TPSA) is 82.0 Å². The minimum Gasteiger partial charge on any atom is -0.402 e. The van der Waals surface area contributed by atoms with E-state index in [1.54, 1.807) is 24.3 Å². The van der Waals surface area contributed by atoms with Crippen molar-refractivity contribution in [2.45, 2.75) is 18.7 Å². The van der Waals surface area contributed by atoms with Gasteiger partial charge < -0.3 is 8.92 Å². The molecule has 0 saturated carbocycles. The monoisotopic (exact) mass is 467 g/mol. The van der Waals surface area contributed by atoms with E-state index in [-0.39, 0.29) is 27.8 Å². The lowest BCUT2D eigenvalue weighted by Crippen LogP contribution is -2.10. The fourth-order valence-electron chi connectivity index (χ4n) is 2.96. The normalized spacial score (nSPS) is 14.9. The van der Waals surface area contributed by atoms with E-state index in [2.05, 4.69) is 4.99 Å². The van der Waals surface area contributed by atoms with Crippen LogP contribution in [0.15, 0.2) is 82.3 Å². The minimum absolute atomic E-state index is 0.000394. The average molecular weight is 468 g/mol. The quantitative estimate of drug-likeness (QED) is 0.297. The van der Waals surface area contributed by atoms with Crippen molar-refractivity contribution >= 4 is 39.7 Å². The van der Waals surface area contributed by atoms with E-state index in [1.807, 2.05) is 26.0 Å². The molecule has 162 valence electrons. The first-order chi connectivity index (χ1) is 15.2. The second-order valence-electron chi connectivity index (χ2n) is 7.23. The summed E-state index contributed by atoms with van der Waals surface area (Å²) >= 11 is 6.10. The molecule has 0 aliphatic carbocycles. The van der Waals surface area contributed by atoms with Gasteiger partial charge in [0.15, 0.2) is 5.70 Å². The standard InChI is InChI=1S/C24H18ClNO5S/c1-15-3-7-17(8-4-15)23-26-21(24(27)30-23)14-18-13-19(25)9-12-22(18)31-32(28,29)20-10-5-16(2)6-11-20/h3-14H,1-2H3/b21-14+. The average Bonchev–Trinajstić information content (AvgIpc) is 3.11. The molecular formula is C24H18ClNO5S. The highest BCUT2D eigenvalue weighted by Crippen LogP contribution is 2.30. The fourth-order valence-corrected chi connectivity index (χ4v) is 4.09. The molecule has 6 nitrogen and oxygen atoms in total. The van der Waals surface area contributed by atoms with Gasteiger partial charge in [-0.25, -0.2) is 9.79 Å². The van der Waals surface area contributed by atoms with Crippen LogP contribution in [0, 0.1) is 13.8 Å². The number of carbonyl (C=O) groups is 1. The number of halogens is 1. The molecule has 32 heavy (non-hydrogen) atoms. The summed E-state index contributed by atoms with van der Waals surface area (Å²) in [5.74, 6) is -0.486. The van der Waals surface area contributed by atoms with E-state index < -0.39 is 16.1 Å². The first kappa shape index (κ1) is 21.8. The highest BCUT2D eigenvalue weighted by molar-refractivity contribution is 7.87. The molecule has 4 rings (SSSR count). The highest BCUT2D eigenvalue weighted by Gasteiger charge is 2.25. The van der Waals surface area contributed by atoms with Crippen molar-refractivity contribution in [3.8, 4) is 5.75 Å². The Hall–Kier alpha value is -3.42. The Morgan fingerprint density at radius 2 is 1.56 bits per heavy atom. The molecule has 8 heteroatoms. The third-order valence-corrected chi connectivity index (χ3v) is 6.18. The lowest BCUT2D eigenvalue weighted by Gasteiger charge is -2.10. The van der Waals surface area contributed by atoms with Gasteiger partial charge in [0, 0.05) is 16.1 Å². The number of rotatable bonds is 5. The van der Waals surface area contributed by atoms with Gasteiger partial charge in [0.2, 0.25) is 5.90 Å². The molecule has 0 amide bonds. The van der Waals surface area contributed by atoms with Gasteiger partial charge in [0.25, 0.3) is 0 Å². The van der Waals surface area contributed by atoms with Crippen LogP contribution in [0.4, 0.5) is 0 Å². The van der Waals surface area contributed by atoms with E-state index in [1.165, 1.54) is 36.4 Å². The molecule has 3 aromatic carbocycles. The molecule has 0 bridgehead atoms. The number of ether oxygens (including phenoxy) is 1. The zero-order valence-electron chi connectivity index (χ0n) is 17.2. The summed E-state index contributed by atoms with van der Waals surface area (Å²) in [4.78, 5) is 16.6. The van der Waals surface area contributed by atoms with Crippen molar-refractivity contribution in [3.63, 3.8) is 0 Å². The second-order valence-corrected chi connectivity index (χ2v) is 9.22.